The molecule has 0 fully saturated rings. The molecule has 1 aliphatic heterocycles. The zero-order chi connectivity index (χ0) is 13.9. The van der Waals surface area contributed by atoms with Crippen LogP contribution in [-0.2, 0) is 0 Å². The van der Waals surface area contributed by atoms with Gasteiger partial charge in [-0.2, -0.15) is 0 Å². The van der Waals surface area contributed by atoms with E-state index in [-0.39, 0.29) is 0 Å². The first-order valence-corrected chi connectivity index (χ1v) is 6.05. The number of rotatable bonds is 4. The standard InChI is InChI=1S/C11H13N7O2/c19-11(20)13-8(10-14-16-17-15-10)5-18-6-12-7-3-1-2-4-9(7)18/h1-4,8,12-13H,5-6H2,(H,19,20)(H,14,15,16,17)/t8-/m0/s1. The van der Waals surface area contributed by atoms with Crippen molar-refractivity contribution in [1.29, 1.82) is 0 Å². The maximum Gasteiger partial charge on any atom is 0.405 e. The minimum absolute atomic E-state index is 0.386. The van der Waals surface area contributed by atoms with Gasteiger partial charge in [-0.05, 0) is 22.6 Å². The van der Waals surface area contributed by atoms with Crippen LogP contribution >= 0.6 is 0 Å². The molecular weight excluding hydrogens is 262 g/mol. The molecule has 0 aliphatic carbocycles. The molecule has 3 rings (SSSR count). The molecule has 1 amide bonds. The summed E-state index contributed by atoms with van der Waals surface area (Å²) in [4.78, 5) is 12.9. The van der Waals surface area contributed by atoms with Crippen LogP contribution in [0.4, 0.5) is 16.2 Å². The van der Waals surface area contributed by atoms with Gasteiger partial charge in [-0.3, -0.25) is 0 Å². The minimum Gasteiger partial charge on any atom is -0.465 e. The zero-order valence-corrected chi connectivity index (χ0v) is 10.4. The van der Waals surface area contributed by atoms with Crippen molar-refractivity contribution >= 4 is 17.5 Å². The Balaban J connectivity index is 1.79. The number of benzene rings is 1. The Hall–Kier alpha value is -2.84. The first kappa shape index (κ1) is 12.2. The van der Waals surface area contributed by atoms with Crippen molar-refractivity contribution in [3.63, 3.8) is 0 Å². The summed E-state index contributed by atoms with van der Waals surface area (Å²) in [6.45, 7) is 1.03. The topological polar surface area (TPSA) is 119 Å². The number of nitrogens with zero attached hydrogens (tertiary/aromatic N) is 4. The van der Waals surface area contributed by atoms with Gasteiger partial charge >= 0.3 is 6.09 Å². The SMILES string of the molecule is O=C(O)N[C@@H](CN1CNc2ccccc21)c1nnn[nH]1. The van der Waals surface area contributed by atoms with E-state index >= 15 is 0 Å². The summed E-state index contributed by atoms with van der Waals surface area (Å²) in [7, 11) is 0. The molecule has 2 aromatic rings. The summed E-state index contributed by atoms with van der Waals surface area (Å²) in [6, 6.07) is 7.31. The Kier molecular flexibility index (Phi) is 3.07. The van der Waals surface area contributed by atoms with Crippen LogP contribution in [0.1, 0.15) is 11.9 Å². The molecule has 1 aromatic carbocycles. The van der Waals surface area contributed by atoms with E-state index in [0.29, 0.717) is 19.0 Å². The smallest absolute Gasteiger partial charge is 0.405 e. The van der Waals surface area contributed by atoms with Crippen LogP contribution in [0.25, 0.3) is 0 Å². The Morgan fingerprint density at radius 1 is 1.50 bits per heavy atom. The molecule has 1 aromatic heterocycles. The monoisotopic (exact) mass is 275 g/mol. The molecule has 0 saturated carbocycles. The number of tetrazole rings is 1. The van der Waals surface area contributed by atoms with Gasteiger partial charge in [0.25, 0.3) is 0 Å². The van der Waals surface area contributed by atoms with E-state index in [1.54, 1.807) is 0 Å². The van der Waals surface area contributed by atoms with E-state index in [4.69, 9.17) is 5.11 Å². The summed E-state index contributed by atoms with van der Waals surface area (Å²) >= 11 is 0. The van der Waals surface area contributed by atoms with Crippen molar-refractivity contribution in [3.8, 4) is 0 Å². The minimum atomic E-state index is -1.12. The predicted molar refractivity (Wildman–Crippen MR) is 70.4 cm³/mol. The molecule has 0 spiro atoms. The first-order chi connectivity index (χ1) is 9.74. The van der Waals surface area contributed by atoms with Crippen LogP contribution in [0, 0.1) is 0 Å². The molecule has 104 valence electrons. The van der Waals surface area contributed by atoms with E-state index in [1.165, 1.54) is 0 Å². The third kappa shape index (κ3) is 2.32. The largest absolute Gasteiger partial charge is 0.465 e. The fraction of sp³-hybridized carbons (Fsp3) is 0.273. The first-order valence-electron chi connectivity index (χ1n) is 6.05. The molecule has 9 heteroatoms. The number of hydrogen-bond donors (Lipinski definition) is 4. The highest BCUT2D eigenvalue weighted by molar-refractivity contribution is 5.74. The van der Waals surface area contributed by atoms with Gasteiger partial charge < -0.3 is 20.6 Å². The Labute approximate surface area is 114 Å². The van der Waals surface area contributed by atoms with E-state index in [1.807, 2.05) is 29.2 Å². The highest BCUT2D eigenvalue weighted by atomic mass is 16.4. The average molecular weight is 275 g/mol. The van der Waals surface area contributed by atoms with E-state index in [9.17, 15) is 4.79 Å². The molecular formula is C11H13N7O2. The van der Waals surface area contributed by atoms with Crippen molar-refractivity contribution in [3.05, 3.63) is 30.1 Å². The third-order valence-electron chi connectivity index (χ3n) is 3.10. The number of aromatic nitrogens is 4. The fourth-order valence-electron chi connectivity index (χ4n) is 2.21. The van der Waals surface area contributed by atoms with Crippen molar-refractivity contribution < 1.29 is 9.90 Å². The molecule has 0 unspecified atom stereocenters. The van der Waals surface area contributed by atoms with Crippen LogP contribution in [-0.4, -0.2) is 45.0 Å². The van der Waals surface area contributed by atoms with Crippen LogP contribution < -0.4 is 15.5 Å². The summed E-state index contributed by atoms with van der Waals surface area (Å²) < 4.78 is 0. The lowest BCUT2D eigenvalue weighted by Gasteiger charge is -2.23. The maximum absolute atomic E-state index is 10.9. The summed E-state index contributed by atoms with van der Waals surface area (Å²) in [5, 5.41) is 27.9. The molecule has 1 atom stereocenters. The van der Waals surface area contributed by atoms with E-state index in [2.05, 4.69) is 31.3 Å². The predicted octanol–water partition coefficient (Wildman–Crippen LogP) is 0.398. The van der Waals surface area contributed by atoms with Gasteiger partial charge in [0.1, 0.15) is 6.04 Å². The second kappa shape index (κ2) is 5.03. The zero-order valence-electron chi connectivity index (χ0n) is 10.4. The summed E-state index contributed by atoms with van der Waals surface area (Å²) in [5.74, 6) is 0.386. The van der Waals surface area contributed by atoms with Crippen LogP contribution in [0.5, 0.6) is 0 Å². The number of aromatic amines is 1. The number of H-pyrrole nitrogens is 1. The third-order valence-corrected chi connectivity index (χ3v) is 3.10. The number of amides is 1. The number of hydrogen-bond acceptors (Lipinski definition) is 6. The lowest BCUT2D eigenvalue weighted by atomic mass is 10.2. The molecule has 9 nitrogen and oxygen atoms in total. The van der Waals surface area contributed by atoms with Gasteiger partial charge in [-0.25, -0.2) is 9.89 Å². The Bertz CT molecular complexity index is 601. The van der Waals surface area contributed by atoms with Gasteiger partial charge in [0.15, 0.2) is 5.82 Å². The fourth-order valence-corrected chi connectivity index (χ4v) is 2.21. The van der Waals surface area contributed by atoms with Gasteiger partial charge in [-0.1, -0.05) is 12.1 Å². The van der Waals surface area contributed by atoms with E-state index < -0.39 is 12.1 Å². The van der Waals surface area contributed by atoms with E-state index in [0.717, 1.165) is 11.4 Å². The van der Waals surface area contributed by atoms with Crippen LogP contribution in [0.2, 0.25) is 0 Å². The Morgan fingerprint density at radius 3 is 3.10 bits per heavy atom. The number of fused-ring (bicyclic) bond motifs is 1. The lowest BCUT2D eigenvalue weighted by molar-refractivity contribution is 0.189. The highest BCUT2D eigenvalue weighted by Crippen LogP contribution is 2.31. The van der Waals surface area contributed by atoms with Crippen molar-refractivity contribution in [2.45, 2.75) is 6.04 Å². The van der Waals surface area contributed by atoms with Crippen molar-refractivity contribution in [1.82, 2.24) is 25.9 Å². The van der Waals surface area contributed by atoms with Gasteiger partial charge in [0, 0.05) is 6.54 Å². The lowest BCUT2D eigenvalue weighted by Crippen LogP contribution is -2.38. The average Bonchev–Trinajstić information content (AvgIpc) is 3.07. The van der Waals surface area contributed by atoms with Gasteiger partial charge in [-0.15, -0.1) is 5.10 Å². The summed E-state index contributed by atoms with van der Waals surface area (Å²) in [5.41, 5.74) is 2.05. The van der Waals surface area contributed by atoms with Crippen molar-refractivity contribution in [2.75, 3.05) is 23.4 Å². The number of carbonyl (C=O) groups is 1. The maximum atomic E-state index is 10.9. The van der Waals surface area contributed by atoms with Crippen LogP contribution in [0.15, 0.2) is 24.3 Å². The second-order valence-corrected chi connectivity index (χ2v) is 4.36. The highest BCUT2D eigenvalue weighted by Gasteiger charge is 2.25. The molecule has 2 heterocycles. The molecule has 4 N–H and O–H groups in total. The molecule has 20 heavy (non-hydrogen) atoms. The van der Waals surface area contributed by atoms with Gasteiger partial charge in [0.05, 0.1) is 18.0 Å². The quantitative estimate of drug-likeness (QED) is 0.637. The second-order valence-electron chi connectivity index (χ2n) is 4.36. The molecule has 0 saturated heterocycles. The number of nitrogens with one attached hydrogen (secondary N) is 3. The van der Waals surface area contributed by atoms with Gasteiger partial charge in [0.2, 0.25) is 0 Å². The number of carboxylic acid groups (broad SMARTS) is 1. The molecule has 0 bridgehead atoms. The number of para-hydroxylation sites is 2. The Morgan fingerprint density at radius 2 is 2.35 bits per heavy atom. The summed E-state index contributed by atoms with van der Waals surface area (Å²) in [6.07, 6.45) is -1.12. The molecule has 1 aliphatic rings. The number of anilines is 2. The van der Waals surface area contributed by atoms with Crippen molar-refractivity contribution in [2.24, 2.45) is 0 Å². The molecule has 0 radical (unpaired) electrons. The van der Waals surface area contributed by atoms with Crippen LogP contribution in [0.3, 0.4) is 0 Å². The normalized spacial score (nSPS) is 14.5.